The summed E-state index contributed by atoms with van der Waals surface area (Å²) in [6.45, 7) is 2.49. The average Bonchev–Trinajstić information content (AvgIpc) is 3.38. The molecule has 0 saturated heterocycles. The first-order valence-corrected chi connectivity index (χ1v) is 8.48. The van der Waals surface area contributed by atoms with Crippen LogP contribution < -0.4 is 0 Å². The van der Waals surface area contributed by atoms with E-state index in [-0.39, 0.29) is 5.25 Å². The molecule has 0 spiro atoms. The van der Waals surface area contributed by atoms with Crippen molar-refractivity contribution in [3.8, 4) is 5.69 Å². The van der Waals surface area contributed by atoms with Crippen molar-refractivity contribution in [1.29, 1.82) is 0 Å². The smallest absolute Gasteiger partial charge is 0.210 e. The van der Waals surface area contributed by atoms with E-state index in [0.717, 1.165) is 17.3 Å². The Balaban J connectivity index is 1.55. The second-order valence-electron chi connectivity index (χ2n) is 5.24. The zero-order valence-corrected chi connectivity index (χ0v) is 14.1. The largest absolute Gasteiger partial charge is 0.467 e. The van der Waals surface area contributed by atoms with Crippen molar-refractivity contribution in [3.05, 3.63) is 60.3 Å². The van der Waals surface area contributed by atoms with E-state index in [0.29, 0.717) is 11.7 Å². The van der Waals surface area contributed by atoms with E-state index in [1.54, 1.807) is 15.6 Å². The number of tetrazole rings is 2. The van der Waals surface area contributed by atoms with Crippen LogP contribution in [0.1, 0.15) is 23.8 Å². The van der Waals surface area contributed by atoms with Crippen LogP contribution in [-0.2, 0) is 6.54 Å². The zero-order valence-electron chi connectivity index (χ0n) is 13.3. The fourth-order valence-corrected chi connectivity index (χ4v) is 3.22. The lowest BCUT2D eigenvalue weighted by atomic mass is 10.3. The van der Waals surface area contributed by atoms with E-state index in [1.807, 2.05) is 49.4 Å². The molecule has 0 aliphatic rings. The Bertz CT molecular complexity index is 934. The van der Waals surface area contributed by atoms with Crippen molar-refractivity contribution < 1.29 is 4.42 Å². The van der Waals surface area contributed by atoms with Crippen LogP contribution in [-0.4, -0.2) is 40.4 Å². The Hall–Kier alpha value is -3.01. The van der Waals surface area contributed by atoms with Gasteiger partial charge in [-0.05, 0) is 52.0 Å². The van der Waals surface area contributed by atoms with Crippen molar-refractivity contribution in [2.45, 2.75) is 23.9 Å². The number of benzene rings is 1. The molecule has 0 unspecified atom stereocenters. The third-order valence-corrected chi connectivity index (χ3v) is 4.59. The van der Waals surface area contributed by atoms with Gasteiger partial charge in [0.15, 0.2) is 5.82 Å². The summed E-state index contributed by atoms with van der Waals surface area (Å²) in [6, 6.07) is 13.5. The lowest BCUT2D eigenvalue weighted by Gasteiger charge is -2.10. The molecule has 4 aromatic rings. The first-order valence-electron chi connectivity index (χ1n) is 7.60. The van der Waals surface area contributed by atoms with Gasteiger partial charge >= 0.3 is 0 Å². The van der Waals surface area contributed by atoms with Crippen molar-refractivity contribution in [1.82, 2.24) is 40.4 Å². The average molecular weight is 354 g/mol. The first kappa shape index (κ1) is 15.5. The van der Waals surface area contributed by atoms with Crippen molar-refractivity contribution in [2.24, 2.45) is 0 Å². The van der Waals surface area contributed by atoms with Crippen LogP contribution in [0.5, 0.6) is 0 Å². The number of aromatic nitrogens is 8. The van der Waals surface area contributed by atoms with E-state index in [4.69, 9.17) is 4.42 Å². The van der Waals surface area contributed by atoms with Crippen LogP contribution in [0, 0.1) is 0 Å². The summed E-state index contributed by atoms with van der Waals surface area (Å²) in [5.41, 5.74) is 0.908. The van der Waals surface area contributed by atoms with Crippen LogP contribution in [0.2, 0.25) is 0 Å². The Morgan fingerprint density at radius 3 is 2.68 bits per heavy atom. The predicted molar refractivity (Wildman–Crippen MR) is 89.1 cm³/mol. The molecule has 4 rings (SSSR count). The molecule has 126 valence electrons. The minimum atomic E-state index is -0.0449. The molecule has 1 atom stereocenters. The van der Waals surface area contributed by atoms with Gasteiger partial charge in [0.25, 0.3) is 0 Å². The summed E-state index contributed by atoms with van der Waals surface area (Å²) in [5.74, 6) is 1.51. The summed E-state index contributed by atoms with van der Waals surface area (Å²) in [7, 11) is 0. The van der Waals surface area contributed by atoms with Gasteiger partial charge in [-0.1, -0.05) is 30.0 Å². The molecule has 1 aromatic carbocycles. The van der Waals surface area contributed by atoms with E-state index in [1.165, 1.54) is 11.8 Å². The van der Waals surface area contributed by atoms with E-state index < -0.39 is 0 Å². The Kier molecular flexibility index (Phi) is 4.25. The molecule has 0 saturated carbocycles. The number of hydrogen-bond acceptors (Lipinski definition) is 8. The van der Waals surface area contributed by atoms with Crippen molar-refractivity contribution in [3.63, 3.8) is 0 Å². The van der Waals surface area contributed by atoms with Crippen molar-refractivity contribution >= 4 is 11.8 Å². The Labute approximate surface area is 147 Å². The Morgan fingerprint density at radius 2 is 1.88 bits per heavy atom. The topological polar surface area (TPSA) is 100 Å². The van der Waals surface area contributed by atoms with Gasteiger partial charge in [0.2, 0.25) is 5.16 Å². The highest BCUT2D eigenvalue weighted by Gasteiger charge is 2.20. The highest BCUT2D eigenvalue weighted by atomic mass is 32.2. The van der Waals surface area contributed by atoms with Gasteiger partial charge in [-0.3, -0.25) is 0 Å². The standard InChI is InChI=1S/C15H14N8OS/c1-11(14-16-18-21-23(14)12-6-3-2-4-7-12)25-15-17-19-20-22(15)10-13-8-5-9-24-13/h2-9,11H,10H2,1H3/t11-/m0/s1. The Morgan fingerprint density at radius 1 is 1.04 bits per heavy atom. The van der Waals surface area contributed by atoms with Crippen LogP contribution in [0.15, 0.2) is 58.3 Å². The summed E-state index contributed by atoms with van der Waals surface area (Å²) in [6.07, 6.45) is 1.63. The summed E-state index contributed by atoms with van der Waals surface area (Å²) in [5, 5.41) is 24.6. The maximum atomic E-state index is 5.35. The first-order chi connectivity index (χ1) is 12.3. The normalized spacial score (nSPS) is 12.4. The molecule has 0 aliphatic carbocycles. The summed E-state index contributed by atoms with van der Waals surface area (Å²) < 4.78 is 8.77. The highest BCUT2D eigenvalue weighted by Crippen LogP contribution is 2.32. The minimum absolute atomic E-state index is 0.0449. The van der Waals surface area contributed by atoms with Crippen LogP contribution in [0.4, 0.5) is 0 Å². The van der Waals surface area contributed by atoms with E-state index in [2.05, 4.69) is 31.1 Å². The SMILES string of the molecule is C[C@H](Sc1nnnn1Cc1ccco1)c1nnnn1-c1ccccc1. The van der Waals surface area contributed by atoms with Gasteiger partial charge < -0.3 is 4.42 Å². The lowest BCUT2D eigenvalue weighted by Crippen LogP contribution is -2.07. The van der Waals surface area contributed by atoms with Gasteiger partial charge in [0, 0.05) is 0 Å². The second kappa shape index (κ2) is 6.85. The predicted octanol–water partition coefficient (Wildman–Crippen LogP) is 2.14. The van der Waals surface area contributed by atoms with E-state index >= 15 is 0 Å². The number of thioether (sulfide) groups is 1. The number of rotatable bonds is 6. The molecule has 3 aromatic heterocycles. The lowest BCUT2D eigenvalue weighted by molar-refractivity contribution is 0.462. The highest BCUT2D eigenvalue weighted by molar-refractivity contribution is 7.99. The zero-order chi connectivity index (χ0) is 17.1. The molecule has 0 amide bonds. The number of hydrogen-bond donors (Lipinski definition) is 0. The molecular formula is C15H14N8OS. The molecule has 0 radical (unpaired) electrons. The van der Waals surface area contributed by atoms with Crippen LogP contribution in [0.25, 0.3) is 5.69 Å². The summed E-state index contributed by atoms with van der Waals surface area (Å²) >= 11 is 1.49. The quantitative estimate of drug-likeness (QED) is 0.486. The van der Waals surface area contributed by atoms with Gasteiger partial charge in [0.05, 0.1) is 17.2 Å². The molecule has 3 heterocycles. The van der Waals surface area contributed by atoms with Gasteiger partial charge in [-0.2, -0.15) is 4.68 Å². The van der Waals surface area contributed by atoms with Gasteiger partial charge in [0.1, 0.15) is 12.3 Å². The molecule has 9 nitrogen and oxygen atoms in total. The van der Waals surface area contributed by atoms with Crippen LogP contribution in [0.3, 0.4) is 0 Å². The van der Waals surface area contributed by atoms with Crippen molar-refractivity contribution in [2.75, 3.05) is 0 Å². The molecule has 0 aliphatic heterocycles. The van der Waals surface area contributed by atoms with Crippen LogP contribution >= 0.6 is 11.8 Å². The molecule has 0 N–H and O–H groups in total. The molecular weight excluding hydrogens is 340 g/mol. The maximum Gasteiger partial charge on any atom is 0.210 e. The number of furan rings is 1. The summed E-state index contributed by atoms with van der Waals surface area (Å²) in [4.78, 5) is 0. The monoisotopic (exact) mass is 354 g/mol. The van der Waals surface area contributed by atoms with Gasteiger partial charge in [-0.25, -0.2) is 4.68 Å². The minimum Gasteiger partial charge on any atom is -0.467 e. The number of nitrogens with zero attached hydrogens (tertiary/aromatic N) is 8. The maximum absolute atomic E-state index is 5.35. The molecule has 25 heavy (non-hydrogen) atoms. The third kappa shape index (κ3) is 3.29. The fraction of sp³-hybridized carbons (Fsp3) is 0.200. The van der Waals surface area contributed by atoms with Gasteiger partial charge in [-0.15, -0.1) is 10.2 Å². The molecule has 0 fully saturated rings. The van der Waals surface area contributed by atoms with E-state index in [9.17, 15) is 0 Å². The number of para-hydroxylation sites is 1. The third-order valence-electron chi connectivity index (χ3n) is 3.52. The molecule has 0 bridgehead atoms. The second-order valence-corrected chi connectivity index (χ2v) is 6.55. The fourth-order valence-electron chi connectivity index (χ4n) is 2.34. The molecule has 10 heteroatoms.